The molecule has 0 heterocycles. The maximum Gasteiger partial charge on any atom is 0.338 e. The standard InChI is InChI=1S/C18H19N3O5/c1-11-4-6-14(8-12(11)2)20-17(22)10-26-18(23)13-5-7-15(19-3)16(9-13)21(24)25/h4-9,19H,10H2,1-3H3,(H,20,22). The van der Waals surface area contributed by atoms with Crippen molar-refractivity contribution in [1.29, 1.82) is 0 Å². The van der Waals surface area contributed by atoms with E-state index < -0.39 is 23.4 Å². The van der Waals surface area contributed by atoms with Crippen LogP contribution in [0.4, 0.5) is 17.1 Å². The Kier molecular flexibility index (Phi) is 5.90. The van der Waals surface area contributed by atoms with Gasteiger partial charge in [-0.25, -0.2) is 4.79 Å². The van der Waals surface area contributed by atoms with Gasteiger partial charge in [0.05, 0.1) is 10.5 Å². The topological polar surface area (TPSA) is 111 Å². The van der Waals surface area contributed by atoms with E-state index in [9.17, 15) is 19.7 Å². The Morgan fingerprint density at radius 2 is 1.85 bits per heavy atom. The minimum atomic E-state index is -0.814. The third-order valence-corrected chi connectivity index (χ3v) is 3.82. The zero-order valence-corrected chi connectivity index (χ0v) is 14.7. The largest absolute Gasteiger partial charge is 0.452 e. The number of nitro groups is 1. The molecule has 0 saturated heterocycles. The van der Waals surface area contributed by atoms with Crippen LogP contribution in [0.5, 0.6) is 0 Å². The molecule has 0 aliphatic rings. The maximum absolute atomic E-state index is 12.0. The smallest absolute Gasteiger partial charge is 0.338 e. The summed E-state index contributed by atoms with van der Waals surface area (Å²) < 4.78 is 4.93. The summed E-state index contributed by atoms with van der Waals surface area (Å²) in [5.41, 5.74) is 2.75. The highest BCUT2D eigenvalue weighted by Crippen LogP contribution is 2.25. The summed E-state index contributed by atoms with van der Waals surface area (Å²) in [6.07, 6.45) is 0. The Labute approximate surface area is 150 Å². The first-order chi connectivity index (χ1) is 12.3. The lowest BCUT2D eigenvalue weighted by molar-refractivity contribution is -0.384. The molecule has 0 bridgehead atoms. The maximum atomic E-state index is 12.0. The molecule has 0 atom stereocenters. The van der Waals surface area contributed by atoms with Gasteiger partial charge < -0.3 is 15.4 Å². The Bertz CT molecular complexity index is 864. The molecule has 2 aromatic rings. The normalized spacial score (nSPS) is 10.1. The average molecular weight is 357 g/mol. The number of hydrogen-bond acceptors (Lipinski definition) is 6. The molecule has 2 aromatic carbocycles. The van der Waals surface area contributed by atoms with Crippen molar-refractivity contribution in [1.82, 2.24) is 0 Å². The minimum absolute atomic E-state index is 0.00493. The number of rotatable bonds is 6. The van der Waals surface area contributed by atoms with Gasteiger partial charge in [-0.05, 0) is 49.2 Å². The van der Waals surface area contributed by atoms with E-state index in [1.807, 2.05) is 26.0 Å². The van der Waals surface area contributed by atoms with Crippen molar-refractivity contribution in [3.63, 3.8) is 0 Å². The minimum Gasteiger partial charge on any atom is -0.452 e. The molecule has 0 saturated carbocycles. The van der Waals surface area contributed by atoms with Crippen LogP contribution in [0.2, 0.25) is 0 Å². The highest BCUT2D eigenvalue weighted by Gasteiger charge is 2.18. The van der Waals surface area contributed by atoms with Crippen molar-refractivity contribution in [2.45, 2.75) is 13.8 Å². The molecule has 0 fully saturated rings. The number of carbonyl (C=O) groups excluding carboxylic acids is 2. The number of aryl methyl sites for hydroxylation is 2. The first kappa shape index (κ1) is 18.9. The fourth-order valence-electron chi connectivity index (χ4n) is 2.25. The average Bonchev–Trinajstić information content (AvgIpc) is 2.62. The number of nitro benzene ring substituents is 1. The van der Waals surface area contributed by atoms with E-state index in [1.54, 1.807) is 6.07 Å². The number of nitrogens with zero attached hydrogens (tertiary/aromatic N) is 1. The fourth-order valence-corrected chi connectivity index (χ4v) is 2.25. The summed E-state index contributed by atoms with van der Waals surface area (Å²) in [4.78, 5) is 34.4. The summed E-state index contributed by atoms with van der Waals surface area (Å²) in [6, 6.07) is 9.35. The quantitative estimate of drug-likeness (QED) is 0.467. The van der Waals surface area contributed by atoms with E-state index in [0.717, 1.165) is 17.2 Å². The lowest BCUT2D eigenvalue weighted by Crippen LogP contribution is -2.21. The van der Waals surface area contributed by atoms with Crippen molar-refractivity contribution in [3.8, 4) is 0 Å². The van der Waals surface area contributed by atoms with Gasteiger partial charge in [0.25, 0.3) is 11.6 Å². The SMILES string of the molecule is CNc1ccc(C(=O)OCC(=O)Nc2ccc(C)c(C)c2)cc1[N+](=O)[O-]. The van der Waals surface area contributed by atoms with Gasteiger partial charge in [0.2, 0.25) is 0 Å². The van der Waals surface area contributed by atoms with Gasteiger partial charge in [0, 0.05) is 18.8 Å². The number of benzene rings is 2. The van der Waals surface area contributed by atoms with E-state index in [-0.39, 0.29) is 16.9 Å². The van der Waals surface area contributed by atoms with Crippen LogP contribution in [-0.4, -0.2) is 30.5 Å². The van der Waals surface area contributed by atoms with Gasteiger partial charge >= 0.3 is 5.97 Å². The van der Waals surface area contributed by atoms with Gasteiger partial charge in [0.15, 0.2) is 6.61 Å². The molecular weight excluding hydrogens is 338 g/mol. The van der Waals surface area contributed by atoms with Gasteiger partial charge in [0.1, 0.15) is 5.69 Å². The van der Waals surface area contributed by atoms with Crippen molar-refractivity contribution < 1.29 is 19.2 Å². The molecule has 0 radical (unpaired) electrons. The molecule has 136 valence electrons. The first-order valence-corrected chi connectivity index (χ1v) is 7.82. The number of anilines is 2. The van der Waals surface area contributed by atoms with Gasteiger partial charge in [-0.2, -0.15) is 0 Å². The van der Waals surface area contributed by atoms with Crippen LogP contribution in [-0.2, 0) is 9.53 Å². The van der Waals surface area contributed by atoms with Crippen LogP contribution < -0.4 is 10.6 Å². The predicted molar refractivity (Wildman–Crippen MR) is 97.5 cm³/mol. The van der Waals surface area contributed by atoms with Crippen molar-refractivity contribution in [3.05, 3.63) is 63.2 Å². The molecule has 1 amide bonds. The Morgan fingerprint density at radius 3 is 2.46 bits per heavy atom. The Balaban J connectivity index is 1.99. The number of carbonyl (C=O) groups is 2. The highest BCUT2D eigenvalue weighted by molar-refractivity contribution is 5.96. The Hall–Kier alpha value is -3.42. The lowest BCUT2D eigenvalue weighted by Gasteiger charge is -2.09. The fraction of sp³-hybridized carbons (Fsp3) is 0.222. The number of ether oxygens (including phenoxy) is 1. The van der Waals surface area contributed by atoms with Crippen molar-refractivity contribution in [2.24, 2.45) is 0 Å². The third-order valence-electron chi connectivity index (χ3n) is 3.82. The molecular formula is C18H19N3O5. The van der Waals surface area contributed by atoms with E-state index in [0.29, 0.717) is 5.69 Å². The van der Waals surface area contributed by atoms with Crippen LogP contribution >= 0.6 is 0 Å². The summed E-state index contributed by atoms with van der Waals surface area (Å²) in [5, 5.41) is 16.3. The molecule has 8 heteroatoms. The van der Waals surface area contributed by atoms with E-state index in [2.05, 4.69) is 10.6 Å². The highest BCUT2D eigenvalue weighted by atomic mass is 16.6. The van der Waals surface area contributed by atoms with Gasteiger partial charge in [-0.15, -0.1) is 0 Å². The van der Waals surface area contributed by atoms with E-state index in [1.165, 1.54) is 19.2 Å². The summed E-state index contributed by atoms with van der Waals surface area (Å²) >= 11 is 0. The predicted octanol–water partition coefficient (Wildman–Crippen LogP) is 3.05. The second-order valence-electron chi connectivity index (χ2n) is 5.66. The van der Waals surface area contributed by atoms with Crippen LogP contribution in [0.1, 0.15) is 21.5 Å². The molecule has 0 aliphatic carbocycles. The van der Waals surface area contributed by atoms with Crippen LogP contribution in [0, 0.1) is 24.0 Å². The Morgan fingerprint density at radius 1 is 1.12 bits per heavy atom. The van der Waals surface area contributed by atoms with Crippen molar-refractivity contribution in [2.75, 3.05) is 24.3 Å². The molecule has 0 aromatic heterocycles. The van der Waals surface area contributed by atoms with E-state index in [4.69, 9.17) is 4.74 Å². The van der Waals surface area contributed by atoms with Crippen LogP contribution in [0.15, 0.2) is 36.4 Å². The number of nitrogens with one attached hydrogen (secondary N) is 2. The molecule has 2 N–H and O–H groups in total. The third kappa shape index (κ3) is 4.56. The zero-order valence-electron chi connectivity index (χ0n) is 14.7. The molecule has 0 aliphatic heterocycles. The zero-order chi connectivity index (χ0) is 19.3. The van der Waals surface area contributed by atoms with Gasteiger partial charge in [-0.3, -0.25) is 14.9 Å². The van der Waals surface area contributed by atoms with Crippen LogP contribution in [0.25, 0.3) is 0 Å². The monoisotopic (exact) mass is 357 g/mol. The molecule has 8 nitrogen and oxygen atoms in total. The van der Waals surface area contributed by atoms with E-state index >= 15 is 0 Å². The van der Waals surface area contributed by atoms with Crippen molar-refractivity contribution >= 4 is 28.9 Å². The number of amides is 1. The second kappa shape index (κ2) is 8.11. The number of hydrogen-bond donors (Lipinski definition) is 2. The summed E-state index contributed by atoms with van der Waals surface area (Å²) in [6.45, 7) is 3.39. The lowest BCUT2D eigenvalue weighted by atomic mass is 10.1. The molecule has 0 unspecified atom stereocenters. The van der Waals surface area contributed by atoms with Crippen LogP contribution in [0.3, 0.4) is 0 Å². The van der Waals surface area contributed by atoms with Gasteiger partial charge in [-0.1, -0.05) is 6.07 Å². The number of esters is 1. The summed E-state index contributed by atoms with van der Waals surface area (Å²) in [7, 11) is 1.54. The summed E-state index contributed by atoms with van der Waals surface area (Å²) in [5.74, 6) is -1.31. The molecule has 26 heavy (non-hydrogen) atoms. The first-order valence-electron chi connectivity index (χ1n) is 7.82. The second-order valence-corrected chi connectivity index (χ2v) is 5.66. The molecule has 2 rings (SSSR count). The molecule has 0 spiro atoms.